The molecule has 0 amide bonds. The number of hydrogen-bond donors (Lipinski definition) is 0. The molecular weight excluding hydrogens is 733 g/mol. The van der Waals surface area contributed by atoms with Gasteiger partial charge in [-0.3, -0.25) is 0 Å². The van der Waals surface area contributed by atoms with Crippen LogP contribution in [-0.2, 0) is 0 Å². The summed E-state index contributed by atoms with van der Waals surface area (Å²) in [6.07, 6.45) is 0. The Bertz CT molecular complexity index is 3050. The van der Waals surface area contributed by atoms with Crippen LogP contribution in [0.2, 0.25) is 0 Å². The van der Waals surface area contributed by atoms with E-state index in [-0.39, 0.29) is 0 Å². The van der Waals surface area contributed by atoms with E-state index in [2.05, 4.69) is 240 Å². The van der Waals surface area contributed by atoms with Crippen molar-refractivity contribution >= 4 is 87.2 Å². The van der Waals surface area contributed by atoms with E-state index < -0.39 is 0 Å². The first-order valence-electron chi connectivity index (χ1n) is 20.1. The molecule has 0 saturated heterocycles. The van der Waals surface area contributed by atoms with Crippen LogP contribution in [0.1, 0.15) is 0 Å². The molecular formula is C56H38N2S. The molecule has 0 aliphatic carbocycles. The van der Waals surface area contributed by atoms with Crippen molar-refractivity contribution in [3.63, 3.8) is 0 Å². The maximum absolute atomic E-state index is 2.40. The van der Waals surface area contributed by atoms with E-state index in [0.29, 0.717) is 0 Å². The predicted octanol–water partition coefficient (Wildman–Crippen LogP) is 16.6. The fourth-order valence-electron chi connectivity index (χ4n) is 8.47. The van der Waals surface area contributed by atoms with Gasteiger partial charge in [0.25, 0.3) is 0 Å². The van der Waals surface area contributed by atoms with Crippen LogP contribution in [-0.4, -0.2) is 0 Å². The highest BCUT2D eigenvalue weighted by atomic mass is 32.1. The van der Waals surface area contributed by atoms with Gasteiger partial charge >= 0.3 is 0 Å². The van der Waals surface area contributed by atoms with Gasteiger partial charge in [-0.15, -0.1) is 11.3 Å². The standard InChI is InChI=1S/C56H38N2S/c1-5-15-39(16-6-1)41-19-13-25-49(31-41)57(47-21-9-3-10-22-47)51-29-27-43-37-55-53(35-45(43)33-51)54-36-46-34-52(30-28-44(46)38-56(54)59-55)58(48-23-11-4-12-24-48)50-26-14-20-42(32-50)40-17-7-2-8-18-40/h1-38H. The summed E-state index contributed by atoms with van der Waals surface area (Å²) in [6.45, 7) is 0. The molecule has 0 N–H and O–H groups in total. The summed E-state index contributed by atoms with van der Waals surface area (Å²) in [7, 11) is 0. The third kappa shape index (κ3) is 6.58. The molecule has 0 spiro atoms. The monoisotopic (exact) mass is 770 g/mol. The number of anilines is 6. The zero-order valence-electron chi connectivity index (χ0n) is 32.2. The third-order valence-corrected chi connectivity index (χ3v) is 12.4. The molecule has 0 atom stereocenters. The minimum Gasteiger partial charge on any atom is -0.310 e. The summed E-state index contributed by atoms with van der Waals surface area (Å²) in [5.74, 6) is 0. The number of para-hydroxylation sites is 2. The number of hydrogen-bond acceptors (Lipinski definition) is 3. The molecule has 11 rings (SSSR count). The number of fused-ring (bicyclic) bond motifs is 5. The molecule has 0 saturated carbocycles. The molecule has 0 unspecified atom stereocenters. The van der Waals surface area contributed by atoms with Crippen molar-refractivity contribution < 1.29 is 0 Å². The lowest BCUT2D eigenvalue weighted by molar-refractivity contribution is 1.29. The molecule has 0 fully saturated rings. The van der Waals surface area contributed by atoms with Crippen LogP contribution in [0.25, 0.3) is 64.0 Å². The molecule has 278 valence electrons. The maximum Gasteiger partial charge on any atom is 0.0468 e. The lowest BCUT2D eigenvalue weighted by Crippen LogP contribution is -2.09. The van der Waals surface area contributed by atoms with Crippen molar-refractivity contribution in [1.29, 1.82) is 0 Å². The second-order valence-electron chi connectivity index (χ2n) is 15.0. The third-order valence-electron chi connectivity index (χ3n) is 11.3. The summed E-state index contributed by atoms with van der Waals surface area (Å²) in [4.78, 5) is 4.73. The van der Waals surface area contributed by atoms with Crippen LogP contribution in [0, 0.1) is 0 Å². The Balaban J connectivity index is 1.02. The topological polar surface area (TPSA) is 6.48 Å². The Kier molecular flexibility index (Phi) is 8.72. The second-order valence-corrected chi connectivity index (χ2v) is 16.1. The fraction of sp³-hybridized carbons (Fsp3) is 0. The van der Waals surface area contributed by atoms with E-state index in [1.54, 1.807) is 0 Å². The van der Waals surface area contributed by atoms with E-state index in [1.165, 1.54) is 64.0 Å². The number of benzene rings is 10. The van der Waals surface area contributed by atoms with Crippen LogP contribution < -0.4 is 9.80 Å². The van der Waals surface area contributed by atoms with Crippen LogP contribution in [0.4, 0.5) is 34.1 Å². The Morgan fingerprint density at radius 1 is 0.237 bits per heavy atom. The van der Waals surface area contributed by atoms with Gasteiger partial charge in [0.1, 0.15) is 0 Å². The van der Waals surface area contributed by atoms with E-state index in [9.17, 15) is 0 Å². The highest BCUT2D eigenvalue weighted by Crippen LogP contribution is 2.43. The summed E-state index contributed by atoms with van der Waals surface area (Å²) < 4.78 is 2.60. The second kappa shape index (κ2) is 14.8. The molecule has 10 aromatic carbocycles. The van der Waals surface area contributed by atoms with Gasteiger partial charge < -0.3 is 9.80 Å². The van der Waals surface area contributed by atoms with E-state index >= 15 is 0 Å². The Morgan fingerprint density at radius 3 is 1.02 bits per heavy atom. The van der Waals surface area contributed by atoms with Gasteiger partial charge in [-0.2, -0.15) is 0 Å². The van der Waals surface area contributed by atoms with E-state index in [1.807, 2.05) is 11.3 Å². The smallest absolute Gasteiger partial charge is 0.0468 e. The average molecular weight is 771 g/mol. The van der Waals surface area contributed by atoms with Crippen molar-refractivity contribution in [1.82, 2.24) is 0 Å². The Morgan fingerprint density at radius 2 is 0.593 bits per heavy atom. The number of rotatable bonds is 8. The van der Waals surface area contributed by atoms with Crippen LogP contribution in [0.5, 0.6) is 0 Å². The van der Waals surface area contributed by atoms with Crippen molar-refractivity contribution in [2.75, 3.05) is 9.80 Å². The lowest BCUT2D eigenvalue weighted by Gasteiger charge is -2.26. The van der Waals surface area contributed by atoms with Crippen molar-refractivity contribution in [2.45, 2.75) is 0 Å². The summed E-state index contributed by atoms with van der Waals surface area (Å²) in [5, 5.41) is 7.49. The summed E-state index contributed by atoms with van der Waals surface area (Å²) in [5.41, 5.74) is 11.5. The van der Waals surface area contributed by atoms with Crippen LogP contribution in [0.15, 0.2) is 231 Å². The van der Waals surface area contributed by atoms with Crippen molar-refractivity contribution in [3.05, 3.63) is 231 Å². The number of nitrogens with zero attached hydrogens (tertiary/aromatic N) is 2. The molecule has 3 heteroatoms. The Hall–Kier alpha value is -7.46. The molecule has 0 aliphatic rings. The van der Waals surface area contributed by atoms with Gasteiger partial charge in [-0.25, -0.2) is 0 Å². The van der Waals surface area contributed by atoms with Gasteiger partial charge in [0, 0.05) is 54.3 Å². The van der Waals surface area contributed by atoms with Crippen molar-refractivity contribution in [3.8, 4) is 22.3 Å². The first-order valence-corrected chi connectivity index (χ1v) is 20.9. The van der Waals surface area contributed by atoms with Gasteiger partial charge in [0.05, 0.1) is 0 Å². The van der Waals surface area contributed by atoms with E-state index in [4.69, 9.17) is 0 Å². The first-order chi connectivity index (χ1) is 29.2. The molecule has 0 bridgehead atoms. The maximum atomic E-state index is 2.40. The molecule has 2 nitrogen and oxygen atoms in total. The quantitative estimate of drug-likeness (QED) is 0.152. The molecule has 59 heavy (non-hydrogen) atoms. The highest BCUT2D eigenvalue weighted by molar-refractivity contribution is 7.26. The zero-order valence-corrected chi connectivity index (χ0v) is 33.1. The van der Waals surface area contributed by atoms with E-state index in [0.717, 1.165) is 34.1 Å². The largest absolute Gasteiger partial charge is 0.310 e. The minimum atomic E-state index is 1.12. The minimum absolute atomic E-state index is 1.12. The fourth-order valence-corrected chi connectivity index (χ4v) is 9.64. The van der Waals surface area contributed by atoms with Gasteiger partial charge in [-0.1, -0.05) is 133 Å². The molecule has 0 radical (unpaired) electrons. The predicted molar refractivity (Wildman–Crippen MR) is 255 cm³/mol. The molecule has 11 aromatic rings. The average Bonchev–Trinajstić information content (AvgIpc) is 3.65. The molecule has 1 aromatic heterocycles. The first kappa shape index (κ1) is 34.8. The SMILES string of the molecule is c1ccc(-c2cccc(N(c3ccccc3)c3ccc4cc5sc6cc7ccc(N(c8ccccc8)c8cccc(-c9ccccc9)c8)cc7cc6c5cc4c3)c2)cc1. The van der Waals surface area contributed by atoms with Gasteiger partial charge in [0.15, 0.2) is 0 Å². The molecule has 0 aliphatic heterocycles. The van der Waals surface area contributed by atoms with Crippen LogP contribution >= 0.6 is 11.3 Å². The Labute approximate surface area is 348 Å². The summed E-state index contributed by atoms with van der Waals surface area (Å²) >= 11 is 1.88. The van der Waals surface area contributed by atoms with Gasteiger partial charge in [0.2, 0.25) is 0 Å². The zero-order chi connectivity index (χ0) is 39.1. The van der Waals surface area contributed by atoms with Gasteiger partial charge in [-0.05, 0) is 141 Å². The normalized spacial score (nSPS) is 11.4. The van der Waals surface area contributed by atoms with Crippen LogP contribution in [0.3, 0.4) is 0 Å². The van der Waals surface area contributed by atoms with Crippen molar-refractivity contribution in [2.24, 2.45) is 0 Å². The lowest BCUT2D eigenvalue weighted by atomic mass is 10.0. The summed E-state index contributed by atoms with van der Waals surface area (Å²) in [6, 6.07) is 83.6. The molecule has 1 heterocycles. The number of thiophene rings is 1. The highest BCUT2D eigenvalue weighted by Gasteiger charge is 2.17.